The molecular weight excluding hydrogens is 206 g/mol. The van der Waals surface area contributed by atoms with Gasteiger partial charge in [0.15, 0.2) is 17.6 Å². The third kappa shape index (κ3) is 1.71. The zero-order chi connectivity index (χ0) is 11.7. The molecular formula is C12H15NO3. The fourth-order valence-electron chi connectivity index (χ4n) is 1.72. The van der Waals surface area contributed by atoms with Gasteiger partial charge in [0.2, 0.25) is 0 Å². The SMILES string of the molecule is COc1cccc2c1OC(C(C)C)C(=O)N2. The van der Waals surface area contributed by atoms with Crippen molar-refractivity contribution < 1.29 is 14.3 Å². The van der Waals surface area contributed by atoms with Crippen molar-refractivity contribution >= 4 is 11.6 Å². The number of hydrogen-bond donors (Lipinski definition) is 1. The van der Waals surface area contributed by atoms with Crippen LogP contribution in [-0.2, 0) is 4.79 Å². The Morgan fingerprint density at radius 2 is 2.19 bits per heavy atom. The number of nitrogens with one attached hydrogen (secondary N) is 1. The van der Waals surface area contributed by atoms with E-state index in [2.05, 4.69) is 5.32 Å². The van der Waals surface area contributed by atoms with Gasteiger partial charge in [0.1, 0.15) is 0 Å². The first kappa shape index (κ1) is 10.8. The van der Waals surface area contributed by atoms with Gasteiger partial charge in [0.05, 0.1) is 12.8 Å². The van der Waals surface area contributed by atoms with Gasteiger partial charge in [-0.15, -0.1) is 0 Å². The molecule has 1 aliphatic rings. The van der Waals surface area contributed by atoms with Crippen LogP contribution in [0.25, 0.3) is 0 Å². The van der Waals surface area contributed by atoms with Crippen LogP contribution in [0, 0.1) is 5.92 Å². The van der Waals surface area contributed by atoms with Crippen LogP contribution >= 0.6 is 0 Å². The number of para-hydroxylation sites is 1. The molecule has 2 rings (SSSR count). The molecule has 0 aromatic heterocycles. The lowest BCUT2D eigenvalue weighted by atomic mass is 10.0. The Bertz CT molecular complexity index is 415. The fourth-order valence-corrected chi connectivity index (χ4v) is 1.72. The number of ether oxygens (including phenoxy) is 2. The van der Waals surface area contributed by atoms with E-state index < -0.39 is 6.10 Å². The predicted molar refractivity (Wildman–Crippen MR) is 60.9 cm³/mol. The Kier molecular flexibility index (Phi) is 2.73. The number of carbonyl (C=O) groups excluding carboxylic acids is 1. The Balaban J connectivity index is 2.39. The molecule has 86 valence electrons. The lowest BCUT2D eigenvalue weighted by molar-refractivity contribution is -0.125. The van der Waals surface area contributed by atoms with E-state index in [1.807, 2.05) is 26.0 Å². The summed E-state index contributed by atoms with van der Waals surface area (Å²) in [5, 5.41) is 2.82. The summed E-state index contributed by atoms with van der Waals surface area (Å²) >= 11 is 0. The highest BCUT2D eigenvalue weighted by Gasteiger charge is 2.31. The molecule has 0 bridgehead atoms. The van der Waals surface area contributed by atoms with Crippen LogP contribution in [0.3, 0.4) is 0 Å². The largest absolute Gasteiger partial charge is 0.493 e. The van der Waals surface area contributed by atoms with E-state index >= 15 is 0 Å². The maximum absolute atomic E-state index is 11.7. The highest BCUT2D eigenvalue weighted by Crippen LogP contribution is 2.39. The van der Waals surface area contributed by atoms with E-state index in [1.165, 1.54) is 0 Å². The summed E-state index contributed by atoms with van der Waals surface area (Å²) in [6.45, 7) is 3.90. The van der Waals surface area contributed by atoms with Crippen LogP contribution in [0.5, 0.6) is 11.5 Å². The Morgan fingerprint density at radius 1 is 1.44 bits per heavy atom. The van der Waals surface area contributed by atoms with Gasteiger partial charge in [-0.3, -0.25) is 4.79 Å². The van der Waals surface area contributed by atoms with Crippen molar-refractivity contribution in [1.29, 1.82) is 0 Å². The first-order valence-corrected chi connectivity index (χ1v) is 5.28. The normalized spacial score (nSPS) is 18.8. The molecule has 4 heteroatoms. The molecule has 1 aromatic rings. The number of hydrogen-bond acceptors (Lipinski definition) is 3. The smallest absolute Gasteiger partial charge is 0.265 e. The van der Waals surface area contributed by atoms with E-state index in [4.69, 9.17) is 9.47 Å². The van der Waals surface area contributed by atoms with Crippen molar-refractivity contribution in [3.05, 3.63) is 18.2 Å². The molecule has 0 aliphatic carbocycles. The highest BCUT2D eigenvalue weighted by molar-refractivity contribution is 5.98. The minimum Gasteiger partial charge on any atom is -0.493 e. The summed E-state index contributed by atoms with van der Waals surface area (Å²) in [5.74, 6) is 1.28. The molecule has 0 saturated heterocycles. The number of amides is 1. The van der Waals surface area contributed by atoms with Gasteiger partial charge in [-0.1, -0.05) is 19.9 Å². The van der Waals surface area contributed by atoms with Crippen LogP contribution in [0.4, 0.5) is 5.69 Å². The molecule has 1 heterocycles. The fraction of sp³-hybridized carbons (Fsp3) is 0.417. The van der Waals surface area contributed by atoms with E-state index in [0.29, 0.717) is 17.2 Å². The van der Waals surface area contributed by atoms with Crippen LogP contribution < -0.4 is 14.8 Å². The minimum atomic E-state index is -0.455. The van der Waals surface area contributed by atoms with Gasteiger partial charge >= 0.3 is 0 Å². The van der Waals surface area contributed by atoms with Crippen LogP contribution in [0.1, 0.15) is 13.8 Å². The standard InChI is InChI=1S/C12H15NO3/c1-7(2)10-12(14)13-8-5-4-6-9(15-3)11(8)16-10/h4-7,10H,1-3H3,(H,13,14). The minimum absolute atomic E-state index is 0.101. The number of fused-ring (bicyclic) bond motifs is 1. The van der Waals surface area contributed by atoms with Gasteiger partial charge in [-0.25, -0.2) is 0 Å². The zero-order valence-electron chi connectivity index (χ0n) is 9.61. The average molecular weight is 221 g/mol. The maximum atomic E-state index is 11.7. The summed E-state index contributed by atoms with van der Waals surface area (Å²) in [6, 6.07) is 5.43. The maximum Gasteiger partial charge on any atom is 0.265 e. The summed E-state index contributed by atoms with van der Waals surface area (Å²) in [6.07, 6.45) is -0.455. The second-order valence-electron chi connectivity index (χ2n) is 4.11. The number of benzene rings is 1. The van der Waals surface area contributed by atoms with Crippen LogP contribution in [0.15, 0.2) is 18.2 Å². The van der Waals surface area contributed by atoms with Gasteiger partial charge < -0.3 is 14.8 Å². The molecule has 1 amide bonds. The third-order valence-electron chi connectivity index (χ3n) is 2.57. The monoisotopic (exact) mass is 221 g/mol. The molecule has 1 atom stereocenters. The quantitative estimate of drug-likeness (QED) is 0.831. The first-order chi connectivity index (χ1) is 7.63. The first-order valence-electron chi connectivity index (χ1n) is 5.28. The number of rotatable bonds is 2. The highest BCUT2D eigenvalue weighted by atomic mass is 16.5. The van der Waals surface area contributed by atoms with Gasteiger partial charge in [0, 0.05) is 0 Å². The summed E-state index contributed by atoms with van der Waals surface area (Å²) < 4.78 is 10.9. The van der Waals surface area contributed by atoms with Gasteiger partial charge in [0.25, 0.3) is 5.91 Å². The molecule has 16 heavy (non-hydrogen) atoms. The summed E-state index contributed by atoms with van der Waals surface area (Å²) in [4.78, 5) is 11.7. The molecule has 4 nitrogen and oxygen atoms in total. The topological polar surface area (TPSA) is 47.6 Å². The molecule has 1 unspecified atom stereocenters. The van der Waals surface area contributed by atoms with E-state index in [0.717, 1.165) is 0 Å². The summed E-state index contributed by atoms with van der Waals surface area (Å²) in [7, 11) is 1.58. The van der Waals surface area contributed by atoms with Crippen molar-refractivity contribution in [2.75, 3.05) is 12.4 Å². The number of anilines is 1. The molecule has 0 fully saturated rings. The Morgan fingerprint density at radius 3 is 2.81 bits per heavy atom. The van der Waals surface area contributed by atoms with E-state index in [1.54, 1.807) is 13.2 Å². The molecule has 0 spiro atoms. The van der Waals surface area contributed by atoms with Crippen LogP contribution in [0.2, 0.25) is 0 Å². The van der Waals surface area contributed by atoms with Crippen molar-refractivity contribution in [2.24, 2.45) is 5.92 Å². The second kappa shape index (κ2) is 4.04. The van der Waals surface area contributed by atoms with Crippen LogP contribution in [-0.4, -0.2) is 19.1 Å². The van der Waals surface area contributed by atoms with Gasteiger partial charge in [-0.05, 0) is 18.1 Å². The molecule has 1 aliphatic heterocycles. The molecule has 1 aromatic carbocycles. The second-order valence-corrected chi connectivity index (χ2v) is 4.11. The molecule has 0 radical (unpaired) electrons. The Hall–Kier alpha value is -1.71. The Labute approximate surface area is 94.6 Å². The lowest BCUT2D eigenvalue weighted by Crippen LogP contribution is -2.40. The third-order valence-corrected chi connectivity index (χ3v) is 2.57. The number of methoxy groups -OCH3 is 1. The lowest BCUT2D eigenvalue weighted by Gasteiger charge is -2.29. The van der Waals surface area contributed by atoms with Crippen molar-refractivity contribution in [1.82, 2.24) is 0 Å². The van der Waals surface area contributed by atoms with E-state index in [-0.39, 0.29) is 11.8 Å². The van der Waals surface area contributed by atoms with E-state index in [9.17, 15) is 4.79 Å². The van der Waals surface area contributed by atoms with Crippen molar-refractivity contribution in [2.45, 2.75) is 20.0 Å². The zero-order valence-corrected chi connectivity index (χ0v) is 9.61. The molecule has 1 N–H and O–H groups in total. The predicted octanol–water partition coefficient (Wildman–Crippen LogP) is 2.05. The van der Waals surface area contributed by atoms with Crippen molar-refractivity contribution in [3.8, 4) is 11.5 Å². The average Bonchev–Trinajstić information content (AvgIpc) is 2.26. The summed E-state index contributed by atoms with van der Waals surface area (Å²) in [5.41, 5.74) is 0.668. The number of carbonyl (C=O) groups is 1. The molecule has 0 saturated carbocycles. The van der Waals surface area contributed by atoms with Crippen molar-refractivity contribution in [3.63, 3.8) is 0 Å². The van der Waals surface area contributed by atoms with Gasteiger partial charge in [-0.2, -0.15) is 0 Å².